The van der Waals surface area contributed by atoms with Crippen molar-refractivity contribution >= 4 is 28.5 Å². The summed E-state index contributed by atoms with van der Waals surface area (Å²) in [4.78, 5) is 14.4. The molecule has 0 aliphatic heterocycles. The fourth-order valence-electron chi connectivity index (χ4n) is 3.83. The zero-order valence-electron chi connectivity index (χ0n) is 14.7. The molecule has 0 radical (unpaired) electrons. The number of hydrogen-bond donors (Lipinski definition) is 0. The lowest BCUT2D eigenvalue weighted by Gasteiger charge is -2.15. The number of carbonyl (C=O) groups is 1. The lowest BCUT2D eigenvalue weighted by Crippen LogP contribution is -2.30. The van der Waals surface area contributed by atoms with Gasteiger partial charge in [-0.3, -0.25) is 4.57 Å². The predicted octanol–water partition coefficient (Wildman–Crippen LogP) is 5.73. The summed E-state index contributed by atoms with van der Waals surface area (Å²) in [7, 11) is 1.84. The van der Waals surface area contributed by atoms with Crippen LogP contribution in [0.25, 0.3) is 10.9 Å². The summed E-state index contributed by atoms with van der Waals surface area (Å²) in [6.45, 7) is 2.68. The molecule has 0 saturated heterocycles. The monoisotopic (exact) mass is 346 g/mol. The minimum absolute atomic E-state index is 0.0110. The van der Waals surface area contributed by atoms with Gasteiger partial charge in [0.25, 0.3) is 0 Å². The molecule has 1 aromatic carbocycles. The lowest BCUT2D eigenvalue weighted by molar-refractivity contribution is 0.214. The molecule has 1 saturated carbocycles. The van der Waals surface area contributed by atoms with Crippen LogP contribution in [-0.2, 0) is 6.42 Å². The van der Waals surface area contributed by atoms with E-state index in [1.54, 1.807) is 9.47 Å². The Bertz CT molecular complexity index is 714. The van der Waals surface area contributed by atoms with E-state index in [2.05, 4.69) is 0 Å². The minimum Gasteiger partial charge on any atom is -0.327 e. The zero-order chi connectivity index (χ0) is 17.1. The highest BCUT2D eigenvalue weighted by atomic mass is 35.5. The van der Waals surface area contributed by atoms with Crippen LogP contribution < -0.4 is 0 Å². The van der Waals surface area contributed by atoms with Crippen molar-refractivity contribution in [2.75, 3.05) is 13.6 Å². The van der Waals surface area contributed by atoms with E-state index in [0.717, 1.165) is 22.3 Å². The number of nitrogens with zero attached hydrogens (tertiary/aromatic N) is 2. The molecule has 0 atom stereocenters. The Morgan fingerprint density at radius 2 is 1.96 bits per heavy atom. The van der Waals surface area contributed by atoms with Gasteiger partial charge in [0.1, 0.15) is 0 Å². The second-order valence-electron chi connectivity index (χ2n) is 7.02. The minimum atomic E-state index is 0.0110. The summed E-state index contributed by atoms with van der Waals surface area (Å²) >= 11 is 6.51. The first-order chi connectivity index (χ1) is 11.6. The SMILES string of the molecule is CCN(C)C(=O)n1cc(CC2CCCCCC2)c2c(Cl)cccc21. The van der Waals surface area contributed by atoms with E-state index in [0.29, 0.717) is 12.5 Å². The van der Waals surface area contributed by atoms with Crippen molar-refractivity contribution in [1.29, 1.82) is 0 Å². The Hall–Kier alpha value is -1.48. The summed E-state index contributed by atoms with van der Waals surface area (Å²) in [5, 5.41) is 1.81. The zero-order valence-corrected chi connectivity index (χ0v) is 15.5. The average molecular weight is 347 g/mol. The van der Waals surface area contributed by atoms with Crippen LogP contribution in [0, 0.1) is 5.92 Å². The fourth-order valence-corrected chi connectivity index (χ4v) is 4.12. The van der Waals surface area contributed by atoms with Gasteiger partial charge in [-0.15, -0.1) is 0 Å². The van der Waals surface area contributed by atoms with E-state index in [1.165, 1.54) is 44.1 Å². The van der Waals surface area contributed by atoms with Gasteiger partial charge in [-0.1, -0.05) is 56.2 Å². The summed E-state index contributed by atoms with van der Waals surface area (Å²) < 4.78 is 1.77. The molecule has 0 bridgehead atoms. The maximum atomic E-state index is 12.7. The molecule has 1 heterocycles. The fraction of sp³-hybridized carbons (Fsp3) is 0.550. The number of hydrogen-bond acceptors (Lipinski definition) is 1. The van der Waals surface area contributed by atoms with Gasteiger partial charge in [0.05, 0.1) is 10.5 Å². The molecule has 1 aliphatic rings. The van der Waals surface area contributed by atoms with Crippen molar-refractivity contribution in [2.24, 2.45) is 5.92 Å². The molecule has 130 valence electrons. The van der Waals surface area contributed by atoms with Crippen LogP contribution >= 0.6 is 11.6 Å². The molecule has 1 aromatic heterocycles. The molecule has 0 spiro atoms. The van der Waals surface area contributed by atoms with Gasteiger partial charge in [-0.2, -0.15) is 0 Å². The van der Waals surface area contributed by atoms with Crippen LogP contribution in [0.5, 0.6) is 0 Å². The van der Waals surface area contributed by atoms with Crippen LogP contribution in [0.1, 0.15) is 51.0 Å². The molecule has 24 heavy (non-hydrogen) atoms. The lowest BCUT2D eigenvalue weighted by atomic mass is 9.92. The second kappa shape index (κ2) is 7.60. The van der Waals surface area contributed by atoms with Gasteiger partial charge in [-0.05, 0) is 37.0 Å². The Labute approximate surface area is 149 Å². The molecule has 1 fully saturated rings. The largest absolute Gasteiger partial charge is 0.328 e. The highest BCUT2D eigenvalue weighted by molar-refractivity contribution is 6.35. The quantitative estimate of drug-likeness (QED) is 0.652. The highest BCUT2D eigenvalue weighted by Gasteiger charge is 2.21. The van der Waals surface area contributed by atoms with E-state index in [4.69, 9.17) is 11.6 Å². The maximum Gasteiger partial charge on any atom is 0.328 e. The van der Waals surface area contributed by atoms with Gasteiger partial charge in [-0.25, -0.2) is 4.79 Å². The summed E-state index contributed by atoms with van der Waals surface area (Å²) in [6.07, 6.45) is 11.0. The first kappa shape index (κ1) is 17.3. The van der Waals surface area contributed by atoms with E-state index < -0.39 is 0 Å². The molecule has 1 aliphatic carbocycles. The van der Waals surface area contributed by atoms with Crippen molar-refractivity contribution in [3.8, 4) is 0 Å². The molecular formula is C20H27ClN2O. The third kappa shape index (κ3) is 3.46. The summed E-state index contributed by atoms with van der Waals surface area (Å²) in [5.74, 6) is 0.710. The highest BCUT2D eigenvalue weighted by Crippen LogP contribution is 2.33. The van der Waals surface area contributed by atoms with Crippen molar-refractivity contribution < 1.29 is 4.79 Å². The standard InChI is InChI=1S/C20H27ClN2O/c1-3-22(2)20(24)23-14-16(13-15-9-6-4-5-7-10-15)19-17(21)11-8-12-18(19)23/h8,11-12,14-15H,3-7,9-10,13H2,1-2H3. The van der Waals surface area contributed by atoms with Crippen LogP contribution in [0.4, 0.5) is 4.79 Å². The number of rotatable bonds is 3. The summed E-state index contributed by atoms with van der Waals surface area (Å²) in [5.41, 5.74) is 2.15. The normalized spacial score (nSPS) is 16.3. The van der Waals surface area contributed by atoms with E-state index in [-0.39, 0.29) is 6.03 Å². The van der Waals surface area contributed by atoms with Gasteiger partial charge in [0.15, 0.2) is 0 Å². The number of fused-ring (bicyclic) bond motifs is 1. The molecular weight excluding hydrogens is 320 g/mol. The van der Waals surface area contributed by atoms with E-state index >= 15 is 0 Å². The molecule has 0 N–H and O–H groups in total. The van der Waals surface area contributed by atoms with Crippen molar-refractivity contribution in [3.05, 3.63) is 35.0 Å². The molecule has 2 aromatic rings. The second-order valence-corrected chi connectivity index (χ2v) is 7.42. The average Bonchev–Trinajstić information content (AvgIpc) is 2.77. The Morgan fingerprint density at radius 3 is 2.62 bits per heavy atom. The molecule has 3 nitrogen and oxygen atoms in total. The number of benzene rings is 1. The maximum absolute atomic E-state index is 12.7. The third-order valence-electron chi connectivity index (χ3n) is 5.35. The van der Waals surface area contributed by atoms with Gasteiger partial charge in [0.2, 0.25) is 0 Å². The van der Waals surface area contributed by atoms with Crippen LogP contribution in [-0.4, -0.2) is 29.1 Å². The number of carbonyl (C=O) groups excluding carboxylic acids is 1. The van der Waals surface area contributed by atoms with Crippen molar-refractivity contribution in [2.45, 2.75) is 51.9 Å². The van der Waals surface area contributed by atoms with Gasteiger partial charge in [0, 0.05) is 25.2 Å². The molecule has 0 unspecified atom stereocenters. The molecule has 4 heteroatoms. The number of aromatic nitrogens is 1. The van der Waals surface area contributed by atoms with Gasteiger partial charge >= 0.3 is 6.03 Å². The topological polar surface area (TPSA) is 25.2 Å². The Morgan fingerprint density at radius 1 is 1.25 bits per heavy atom. The Kier molecular flexibility index (Phi) is 5.50. The summed E-state index contributed by atoms with van der Waals surface area (Å²) in [6, 6.07) is 5.87. The van der Waals surface area contributed by atoms with Crippen LogP contribution in [0.15, 0.2) is 24.4 Å². The first-order valence-electron chi connectivity index (χ1n) is 9.15. The van der Waals surface area contributed by atoms with E-state index in [9.17, 15) is 4.79 Å². The molecule has 1 amide bonds. The third-order valence-corrected chi connectivity index (χ3v) is 5.66. The van der Waals surface area contributed by atoms with E-state index in [1.807, 2.05) is 38.4 Å². The van der Waals surface area contributed by atoms with Crippen LogP contribution in [0.2, 0.25) is 5.02 Å². The van der Waals surface area contributed by atoms with Gasteiger partial charge < -0.3 is 4.90 Å². The van der Waals surface area contributed by atoms with Crippen LogP contribution in [0.3, 0.4) is 0 Å². The predicted molar refractivity (Wildman–Crippen MR) is 101 cm³/mol. The smallest absolute Gasteiger partial charge is 0.327 e. The number of halogens is 1. The molecule has 3 rings (SSSR count). The first-order valence-corrected chi connectivity index (χ1v) is 9.53. The van der Waals surface area contributed by atoms with Crippen molar-refractivity contribution in [3.63, 3.8) is 0 Å². The van der Waals surface area contributed by atoms with Crippen molar-refractivity contribution in [1.82, 2.24) is 9.47 Å². The Balaban J connectivity index is 1.99. The number of amides is 1.